The molecule has 0 bridgehead atoms. The van der Waals surface area contributed by atoms with Crippen molar-refractivity contribution >= 4 is 21.8 Å². The molecule has 0 fully saturated rings. The summed E-state index contributed by atoms with van der Waals surface area (Å²) in [6.07, 6.45) is 1.81. The van der Waals surface area contributed by atoms with E-state index in [0.29, 0.717) is 6.54 Å². The Morgan fingerprint density at radius 1 is 1.56 bits per heavy atom. The summed E-state index contributed by atoms with van der Waals surface area (Å²) < 4.78 is 21.8. The van der Waals surface area contributed by atoms with E-state index in [1.807, 2.05) is 6.92 Å². The van der Waals surface area contributed by atoms with Gasteiger partial charge in [0.2, 0.25) is 10.0 Å². The fraction of sp³-hybridized carbons (Fsp3) is 1.00. The van der Waals surface area contributed by atoms with Crippen molar-refractivity contribution in [3.63, 3.8) is 0 Å². The van der Waals surface area contributed by atoms with Crippen molar-refractivity contribution in [1.82, 2.24) is 3.82 Å². The van der Waals surface area contributed by atoms with Gasteiger partial charge in [-0.25, -0.2) is 8.42 Å². The van der Waals surface area contributed by atoms with Crippen LogP contribution in [0.3, 0.4) is 0 Å². The van der Waals surface area contributed by atoms with E-state index in [1.54, 1.807) is 0 Å². The molecule has 0 rings (SSSR count). The molecular weight excluding hydrogens is 162 g/mol. The number of hydrogen-bond donors (Lipinski definition) is 0. The van der Waals surface area contributed by atoms with E-state index in [-0.39, 0.29) is 0 Å². The molecule has 0 saturated carbocycles. The van der Waals surface area contributed by atoms with Crippen LogP contribution in [0.15, 0.2) is 0 Å². The molecule has 0 aromatic carbocycles. The molecule has 0 spiro atoms. The van der Waals surface area contributed by atoms with Crippen molar-refractivity contribution in [3.05, 3.63) is 0 Å². The molecule has 0 unspecified atom stereocenters. The number of nitrogens with zero attached hydrogens (tertiary/aromatic N) is 1. The molecule has 0 aliphatic heterocycles. The Morgan fingerprint density at radius 2 is 2.00 bits per heavy atom. The number of sulfonamides is 1. The fourth-order valence-corrected chi connectivity index (χ4v) is 1.02. The largest absolute Gasteiger partial charge is 0.224 e. The number of halogens is 1. The molecule has 0 amide bonds. The zero-order valence-electron chi connectivity index (χ0n) is 5.46. The van der Waals surface area contributed by atoms with E-state index in [0.717, 1.165) is 16.5 Å². The van der Waals surface area contributed by atoms with Crippen LogP contribution in [0.25, 0.3) is 0 Å². The van der Waals surface area contributed by atoms with Crippen LogP contribution in [-0.4, -0.2) is 25.0 Å². The van der Waals surface area contributed by atoms with Gasteiger partial charge in [-0.3, -0.25) is 0 Å². The lowest BCUT2D eigenvalue weighted by Gasteiger charge is -2.07. The minimum Gasteiger partial charge on any atom is -0.211 e. The Kier molecular flexibility index (Phi) is 3.46. The van der Waals surface area contributed by atoms with Gasteiger partial charge in [-0.15, -0.1) is 3.82 Å². The van der Waals surface area contributed by atoms with Crippen molar-refractivity contribution in [2.45, 2.75) is 13.3 Å². The maximum atomic E-state index is 10.5. The van der Waals surface area contributed by atoms with Gasteiger partial charge in [0.05, 0.1) is 6.26 Å². The predicted octanol–water partition coefficient (Wildman–Crippen LogP) is 0.812. The zero-order valence-corrected chi connectivity index (χ0v) is 7.04. The molecule has 9 heavy (non-hydrogen) atoms. The quantitative estimate of drug-likeness (QED) is 0.590. The van der Waals surface area contributed by atoms with Crippen molar-refractivity contribution in [3.8, 4) is 0 Å². The van der Waals surface area contributed by atoms with Crippen LogP contribution in [-0.2, 0) is 10.0 Å². The van der Waals surface area contributed by atoms with Gasteiger partial charge in [-0.2, -0.15) is 0 Å². The standard InChI is InChI=1S/C4H10ClNO2S/c1-3-4-6(5)9(2,7)8/h3-4H2,1-2H3. The molecule has 3 nitrogen and oxygen atoms in total. The third kappa shape index (κ3) is 3.72. The molecule has 0 heterocycles. The van der Waals surface area contributed by atoms with E-state index in [1.165, 1.54) is 0 Å². The van der Waals surface area contributed by atoms with Gasteiger partial charge in [0, 0.05) is 6.54 Å². The van der Waals surface area contributed by atoms with E-state index in [2.05, 4.69) is 0 Å². The minimum absolute atomic E-state index is 0.375. The molecular formula is C4H10ClNO2S. The van der Waals surface area contributed by atoms with Crippen molar-refractivity contribution in [2.24, 2.45) is 0 Å². The average molecular weight is 172 g/mol. The van der Waals surface area contributed by atoms with Gasteiger partial charge < -0.3 is 0 Å². The van der Waals surface area contributed by atoms with Gasteiger partial charge in [-0.1, -0.05) is 6.92 Å². The van der Waals surface area contributed by atoms with Gasteiger partial charge in [0.25, 0.3) is 0 Å². The second-order valence-corrected chi connectivity index (χ2v) is 4.29. The van der Waals surface area contributed by atoms with Crippen LogP contribution in [0.1, 0.15) is 13.3 Å². The van der Waals surface area contributed by atoms with Gasteiger partial charge in [0.15, 0.2) is 0 Å². The summed E-state index contributed by atoms with van der Waals surface area (Å²) in [5.74, 6) is 0. The smallest absolute Gasteiger partial charge is 0.211 e. The second-order valence-electron chi connectivity index (χ2n) is 1.77. The Bertz CT molecular complexity index is 165. The summed E-state index contributed by atoms with van der Waals surface area (Å²) in [4.78, 5) is 0. The van der Waals surface area contributed by atoms with Crippen molar-refractivity contribution < 1.29 is 8.42 Å². The fourth-order valence-electron chi connectivity index (χ4n) is 0.342. The van der Waals surface area contributed by atoms with E-state index < -0.39 is 10.0 Å². The molecule has 0 radical (unpaired) electrons. The lowest BCUT2D eigenvalue weighted by Crippen LogP contribution is -2.20. The molecule has 0 aromatic heterocycles. The molecule has 0 aliphatic carbocycles. The Balaban J connectivity index is 3.90. The summed E-state index contributed by atoms with van der Waals surface area (Å²) in [6.45, 7) is 2.24. The minimum atomic E-state index is -3.17. The Labute approximate surface area is 60.8 Å². The first-order valence-corrected chi connectivity index (χ1v) is 4.80. The highest BCUT2D eigenvalue weighted by atomic mass is 35.5. The summed E-state index contributed by atoms with van der Waals surface area (Å²) in [5, 5.41) is 0. The van der Waals surface area contributed by atoms with Crippen molar-refractivity contribution in [1.29, 1.82) is 0 Å². The van der Waals surface area contributed by atoms with E-state index in [4.69, 9.17) is 11.8 Å². The Hall–Kier alpha value is 0.200. The van der Waals surface area contributed by atoms with Crippen LogP contribution < -0.4 is 0 Å². The normalized spacial score (nSPS) is 12.4. The highest BCUT2D eigenvalue weighted by Crippen LogP contribution is 2.01. The molecule has 0 aliphatic rings. The van der Waals surface area contributed by atoms with Crippen LogP contribution >= 0.6 is 11.8 Å². The third-order valence-corrected chi connectivity index (χ3v) is 2.58. The molecule has 0 saturated heterocycles. The monoisotopic (exact) mass is 171 g/mol. The first-order valence-electron chi connectivity index (χ1n) is 2.62. The zero-order chi connectivity index (χ0) is 7.49. The molecule has 5 heteroatoms. The summed E-state index contributed by atoms with van der Waals surface area (Å²) >= 11 is 5.30. The van der Waals surface area contributed by atoms with Crippen LogP contribution in [0.2, 0.25) is 0 Å². The molecule has 0 aromatic rings. The van der Waals surface area contributed by atoms with Gasteiger partial charge in [0.1, 0.15) is 0 Å². The average Bonchev–Trinajstić information content (AvgIpc) is 1.64. The SMILES string of the molecule is CCCN(Cl)S(C)(=O)=O. The highest BCUT2D eigenvalue weighted by Gasteiger charge is 2.10. The molecule has 0 atom stereocenters. The summed E-state index contributed by atoms with van der Waals surface area (Å²) in [6, 6.07) is 0. The molecule has 56 valence electrons. The maximum absolute atomic E-state index is 10.5. The van der Waals surface area contributed by atoms with Crippen LogP contribution in [0, 0.1) is 0 Å². The predicted molar refractivity (Wildman–Crippen MR) is 37.7 cm³/mol. The van der Waals surface area contributed by atoms with Crippen LogP contribution in [0.4, 0.5) is 0 Å². The first kappa shape index (κ1) is 9.20. The van der Waals surface area contributed by atoms with Crippen molar-refractivity contribution in [2.75, 3.05) is 12.8 Å². The number of rotatable bonds is 3. The summed E-state index contributed by atoms with van der Waals surface area (Å²) in [5.41, 5.74) is 0. The maximum Gasteiger partial charge on any atom is 0.224 e. The van der Waals surface area contributed by atoms with Gasteiger partial charge >= 0.3 is 0 Å². The lowest BCUT2D eigenvalue weighted by atomic mass is 10.5. The molecule has 0 N–H and O–H groups in total. The lowest BCUT2D eigenvalue weighted by molar-refractivity contribution is 0.540. The summed E-state index contributed by atoms with van der Waals surface area (Å²) in [7, 11) is -3.17. The number of hydrogen-bond acceptors (Lipinski definition) is 2. The van der Waals surface area contributed by atoms with E-state index >= 15 is 0 Å². The topological polar surface area (TPSA) is 37.4 Å². The second kappa shape index (κ2) is 3.39. The third-order valence-electron chi connectivity index (χ3n) is 0.759. The van der Waals surface area contributed by atoms with E-state index in [9.17, 15) is 8.42 Å². The Morgan fingerprint density at radius 3 is 2.11 bits per heavy atom. The first-order chi connectivity index (χ1) is 3.98. The van der Waals surface area contributed by atoms with Gasteiger partial charge in [-0.05, 0) is 18.2 Å². The van der Waals surface area contributed by atoms with Crippen LogP contribution in [0.5, 0.6) is 0 Å². The highest BCUT2D eigenvalue weighted by molar-refractivity contribution is 7.89.